The Bertz CT molecular complexity index is 1770. The topological polar surface area (TPSA) is 130 Å². The lowest BCUT2D eigenvalue weighted by Crippen LogP contribution is -2.42. The van der Waals surface area contributed by atoms with Crippen LogP contribution < -0.4 is 4.74 Å². The van der Waals surface area contributed by atoms with Crippen molar-refractivity contribution in [3.8, 4) is 5.75 Å². The molecule has 0 N–H and O–H groups in total. The molecule has 59 heavy (non-hydrogen) atoms. The summed E-state index contributed by atoms with van der Waals surface area (Å²) in [5, 5.41) is 0. The summed E-state index contributed by atoms with van der Waals surface area (Å²) in [6, 6.07) is 12.3. The molecule has 2 aromatic rings. The first-order valence-corrected chi connectivity index (χ1v) is 26.9. The van der Waals surface area contributed by atoms with Crippen LogP contribution in [0.15, 0.2) is 41.3 Å². The molecule has 1 unspecified atom stereocenters. The minimum atomic E-state index is -4.26. The molecule has 2 aliphatic heterocycles. The third-order valence-corrected chi connectivity index (χ3v) is 13.6. The number of amides is 2. The molecule has 0 radical (unpaired) electrons. The lowest BCUT2D eigenvalue weighted by atomic mass is 10.0. The molecule has 4 rings (SSSR count). The number of nitrogens with zero attached hydrogens (tertiary/aromatic N) is 2. The Hall–Kier alpha value is -3.17. The van der Waals surface area contributed by atoms with Crippen LogP contribution in [0.25, 0.3) is 0 Å². The van der Waals surface area contributed by atoms with E-state index in [4.69, 9.17) is 28.4 Å². The van der Waals surface area contributed by atoms with E-state index < -0.39 is 42.3 Å². The van der Waals surface area contributed by atoms with E-state index in [2.05, 4.69) is 32.6 Å². The van der Waals surface area contributed by atoms with Gasteiger partial charge in [-0.15, -0.1) is 0 Å². The van der Waals surface area contributed by atoms with Gasteiger partial charge in [0.2, 0.25) is 5.79 Å². The van der Waals surface area contributed by atoms with Crippen molar-refractivity contribution >= 4 is 30.3 Å². The zero-order valence-electron chi connectivity index (χ0n) is 37.4. The Labute approximate surface area is 355 Å². The zero-order chi connectivity index (χ0) is 43.3. The van der Waals surface area contributed by atoms with Crippen molar-refractivity contribution < 1.29 is 46.4 Å². The lowest BCUT2D eigenvalue weighted by molar-refractivity contribution is -0.180. The molecule has 14 heteroatoms. The first-order valence-electron chi connectivity index (χ1n) is 21.7. The average molecular weight is 861 g/mol. The van der Waals surface area contributed by atoms with Gasteiger partial charge in [-0.2, -0.15) is 4.31 Å². The van der Waals surface area contributed by atoms with Crippen molar-refractivity contribution in [2.45, 2.75) is 167 Å². The van der Waals surface area contributed by atoms with Gasteiger partial charge >= 0.3 is 12.2 Å². The second-order valence-corrected chi connectivity index (χ2v) is 26.1. The highest BCUT2D eigenvalue weighted by atomic mass is 32.2. The standard InChI is InChI=1S/C45H72N2O10SSi/c1-10-11-14-19-35-28-36(30-39(29-35)58(50,51)47(43(49)57-44(2,3)4)34-53-26-27-59(7,8)9)20-15-18-25-52-24-17-13-12-16-23-46-32-41(55-42(46)48)37-21-22-40-38(31-37)33-54-45(5,6)56-40/h21-22,28-31,41H,10-20,23-27,32-34H2,1-9H3. The quantitative estimate of drug-likeness (QED) is 0.0571. The van der Waals surface area contributed by atoms with Gasteiger partial charge in [-0.1, -0.05) is 64.4 Å². The van der Waals surface area contributed by atoms with Crippen molar-refractivity contribution in [2.75, 3.05) is 39.6 Å². The van der Waals surface area contributed by atoms with E-state index in [0.717, 1.165) is 103 Å². The van der Waals surface area contributed by atoms with Crippen molar-refractivity contribution in [3.63, 3.8) is 0 Å². The van der Waals surface area contributed by atoms with Crippen LogP contribution in [0.4, 0.5) is 9.59 Å². The molecule has 0 saturated carbocycles. The van der Waals surface area contributed by atoms with Crippen molar-refractivity contribution in [2.24, 2.45) is 0 Å². The maximum atomic E-state index is 14.1. The van der Waals surface area contributed by atoms with Gasteiger partial charge in [0.25, 0.3) is 10.0 Å². The third kappa shape index (κ3) is 16.3. The van der Waals surface area contributed by atoms with Crippen LogP contribution in [0.2, 0.25) is 25.7 Å². The van der Waals surface area contributed by atoms with Gasteiger partial charge < -0.3 is 33.3 Å². The fourth-order valence-electron chi connectivity index (χ4n) is 6.85. The van der Waals surface area contributed by atoms with Gasteiger partial charge in [0.1, 0.15) is 24.2 Å². The number of hydrogen-bond donors (Lipinski definition) is 0. The fraction of sp³-hybridized carbons (Fsp3) is 0.689. The number of cyclic esters (lactones) is 1. The van der Waals surface area contributed by atoms with Gasteiger partial charge in [-0.3, -0.25) is 0 Å². The van der Waals surface area contributed by atoms with E-state index in [9.17, 15) is 18.0 Å². The van der Waals surface area contributed by atoms with Gasteiger partial charge in [-0.05, 0) is 113 Å². The highest BCUT2D eigenvalue weighted by Gasteiger charge is 2.35. The first-order chi connectivity index (χ1) is 27.8. The van der Waals surface area contributed by atoms with E-state index in [1.807, 2.05) is 32.0 Å². The molecule has 1 saturated heterocycles. The number of aryl methyl sites for hydroxylation is 2. The van der Waals surface area contributed by atoms with E-state index in [-0.39, 0.29) is 17.1 Å². The van der Waals surface area contributed by atoms with Crippen LogP contribution in [0.3, 0.4) is 0 Å². The number of hydrogen-bond acceptors (Lipinski definition) is 10. The number of rotatable bonds is 24. The predicted molar refractivity (Wildman–Crippen MR) is 233 cm³/mol. The highest BCUT2D eigenvalue weighted by molar-refractivity contribution is 7.89. The van der Waals surface area contributed by atoms with Gasteiger partial charge in [0.15, 0.2) is 0 Å². The lowest BCUT2D eigenvalue weighted by Gasteiger charge is -2.32. The molecule has 2 heterocycles. The van der Waals surface area contributed by atoms with Crippen molar-refractivity contribution in [1.29, 1.82) is 0 Å². The smallest absolute Gasteiger partial charge is 0.426 e. The number of benzene rings is 2. The SMILES string of the molecule is CCCCCc1cc(CCCCOCCCCCCN2CC(c3ccc4c(c3)COC(C)(C)O4)OC2=O)cc(S(=O)(=O)N(COCC[Si](C)(C)C)C(=O)OC(C)(C)C)c1. The van der Waals surface area contributed by atoms with E-state index >= 15 is 0 Å². The fourth-order valence-corrected chi connectivity index (χ4v) is 8.91. The van der Waals surface area contributed by atoms with Crippen LogP contribution >= 0.6 is 0 Å². The predicted octanol–water partition coefficient (Wildman–Crippen LogP) is 10.4. The summed E-state index contributed by atoms with van der Waals surface area (Å²) in [5.41, 5.74) is 2.91. The average Bonchev–Trinajstić information content (AvgIpc) is 3.51. The first kappa shape index (κ1) is 48.5. The molecule has 332 valence electrons. The minimum Gasteiger partial charge on any atom is -0.463 e. The maximum absolute atomic E-state index is 14.1. The minimum absolute atomic E-state index is 0.0867. The summed E-state index contributed by atoms with van der Waals surface area (Å²) in [6.45, 7) is 20.7. The molecule has 0 spiro atoms. The molecule has 0 bridgehead atoms. The summed E-state index contributed by atoms with van der Waals surface area (Å²) in [7, 11) is -5.68. The number of carbonyl (C=O) groups excluding carboxylic acids is 2. The Morgan fingerprint density at radius 3 is 2.22 bits per heavy atom. The molecular formula is C45H72N2O10SSi. The van der Waals surface area contributed by atoms with Crippen LogP contribution in [-0.4, -0.2) is 88.9 Å². The van der Waals surface area contributed by atoms with E-state index in [1.165, 1.54) is 0 Å². The monoisotopic (exact) mass is 860 g/mol. The van der Waals surface area contributed by atoms with Crippen molar-refractivity contribution in [1.82, 2.24) is 9.21 Å². The molecule has 1 atom stereocenters. The van der Waals surface area contributed by atoms with E-state index in [1.54, 1.807) is 37.8 Å². The van der Waals surface area contributed by atoms with Gasteiger partial charge in [-0.25, -0.2) is 18.0 Å². The second kappa shape index (κ2) is 22.1. The van der Waals surface area contributed by atoms with Crippen LogP contribution in [-0.2, 0) is 53.2 Å². The molecule has 2 aromatic carbocycles. The van der Waals surface area contributed by atoms with Crippen LogP contribution in [0.5, 0.6) is 5.75 Å². The Morgan fingerprint density at radius 2 is 1.56 bits per heavy atom. The summed E-state index contributed by atoms with van der Waals surface area (Å²) < 4.78 is 63.7. The summed E-state index contributed by atoms with van der Waals surface area (Å²) in [5.74, 6) is 0.153. The molecule has 0 aromatic heterocycles. The van der Waals surface area contributed by atoms with Crippen LogP contribution in [0.1, 0.15) is 128 Å². The van der Waals surface area contributed by atoms with Gasteiger partial charge in [0, 0.05) is 53.9 Å². The van der Waals surface area contributed by atoms with Crippen molar-refractivity contribution in [3.05, 3.63) is 58.7 Å². The summed E-state index contributed by atoms with van der Waals surface area (Å²) in [6.07, 6.45) is 8.54. The molecule has 12 nitrogen and oxygen atoms in total. The number of carbonyl (C=O) groups is 2. The Morgan fingerprint density at radius 1 is 0.898 bits per heavy atom. The number of sulfonamides is 1. The Balaban J connectivity index is 1.20. The molecule has 2 amide bonds. The Kier molecular flexibility index (Phi) is 18.1. The molecule has 2 aliphatic rings. The maximum Gasteiger partial charge on any atom is 0.426 e. The summed E-state index contributed by atoms with van der Waals surface area (Å²) in [4.78, 5) is 27.8. The van der Waals surface area contributed by atoms with Crippen LogP contribution in [0, 0.1) is 0 Å². The largest absolute Gasteiger partial charge is 0.463 e. The highest BCUT2D eigenvalue weighted by Crippen LogP contribution is 2.35. The summed E-state index contributed by atoms with van der Waals surface area (Å²) >= 11 is 0. The molecule has 0 aliphatic carbocycles. The number of unbranched alkanes of at least 4 members (excludes halogenated alkanes) is 6. The second-order valence-electron chi connectivity index (χ2n) is 18.6. The third-order valence-electron chi connectivity index (χ3n) is 10.2. The number of ether oxygens (including phenoxy) is 6. The molecule has 1 fully saturated rings. The molecular weight excluding hydrogens is 789 g/mol. The van der Waals surface area contributed by atoms with E-state index in [0.29, 0.717) is 45.9 Å². The zero-order valence-corrected chi connectivity index (χ0v) is 39.2. The number of fused-ring (bicyclic) bond motifs is 1. The van der Waals surface area contributed by atoms with Gasteiger partial charge in [0.05, 0.1) is 18.0 Å². The normalized spacial score (nSPS) is 16.7.